The fraction of sp³-hybridized carbons (Fsp3) is 0.200. The smallest absolute Gasteiger partial charge is 0.279 e. The number of amides is 1. The monoisotopic (exact) mass is 422 g/mol. The van der Waals surface area contributed by atoms with Gasteiger partial charge in [-0.25, -0.2) is 9.67 Å². The lowest BCUT2D eigenvalue weighted by Gasteiger charge is -2.04. The summed E-state index contributed by atoms with van der Waals surface area (Å²) >= 11 is 2.07. The third-order valence-corrected chi connectivity index (χ3v) is 4.14. The Bertz CT molecular complexity index is 853. The van der Waals surface area contributed by atoms with Crippen LogP contribution in [0.15, 0.2) is 36.8 Å². The number of rotatable bonds is 4. The minimum atomic E-state index is -0.316. The summed E-state index contributed by atoms with van der Waals surface area (Å²) in [5.74, 6) is -0.0475. The minimum Gasteiger partial charge on any atom is -0.288 e. The van der Waals surface area contributed by atoms with E-state index in [9.17, 15) is 4.79 Å². The molecule has 3 rings (SSSR count). The molecule has 0 atom stereocenters. The van der Waals surface area contributed by atoms with Crippen molar-refractivity contribution in [3.05, 3.63) is 57.2 Å². The summed E-state index contributed by atoms with van der Waals surface area (Å²) in [7, 11) is 1.77. The molecule has 0 radical (unpaired) electrons. The molecule has 0 spiro atoms. The standard InChI is InChI=1S/C15H15IN6O/c1-10-5-3-4-6-11(10)7-22-9-17-15(20-22)18-14(23)13-12(16)8-21(2)19-13/h3-6,8-9H,7H2,1-2H3,(H,18,20,23). The number of anilines is 1. The maximum absolute atomic E-state index is 12.2. The average Bonchev–Trinajstić information content (AvgIpc) is 3.07. The number of nitrogens with one attached hydrogen (secondary N) is 1. The van der Waals surface area contributed by atoms with Crippen molar-refractivity contribution < 1.29 is 4.79 Å². The Morgan fingerprint density at radius 1 is 1.30 bits per heavy atom. The summed E-state index contributed by atoms with van der Waals surface area (Å²) in [5.41, 5.74) is 2.72. The Labute approximate surface area is 146 Å². The van der Waals surface area contributed by atoms with Gasteiger partial charge in [0, 0.05) is 13.2 Å². The van der Waals surface area contributed by atoms with E-state index in [1.54, 1.807) is 28.9 Å². The molecule has 0 saturated heterocycles. The first kappa shape index (κ1) is 15.7. The number of nitrogens with zero attached hydrogens (tertiary/aromatic N) is 5. The van der Waals surface area contributed by atoms with E-state index >= 15 is 0 Å². The Morgan fingerprint density at radius 3 is 2.78 bits per heavy atom. The van der Waals surface area contributed by atoms with E-state index in [0.29, 0.717) is 12.2 Å². The van der Waals surface area contributed by atoms with Gasteiger partial charge in [-0.3, -0.25) is 14.8 Å². The van der Waals surface area contributed by atoms with Crippen LogP contribution in [0.1, 0.15) is 21.6 Å². The van der Waals surface area contributed by atoms with Crippen molar-refractivity contribution in [2.24, 2.45) is 7.05 Å². The number of aryl methyl sites for hydroxylation is 2. The lowest BCUT2D eigenvalue weighted by molar-refractivity contribution is 0.102. The van der Waals surface area contributed by atoms with E-state index in [2.05, 4.69) is 56.1 Å². The van der Waals surface area contributed by atoms with Crippen LogP contribution in [0.3, 0.4) is 0 Å². The van der Waals surface area contributed by atoms with E-state index < -0.39 is 0 Å². The molecule has 0 aliphatic rings. The molecular weight excluding hydrogens is 407 g/mol. The molecule has 0 fully saturated rings. The zero-order valence-corrected chi connectivity index (χ0v) is 14.9. The fourth-order valence-electron chi connectivity index (χ4n) is 2.16. The molecule has 0 aliphatic heterocycles. The van der Waals surface area contributed by atoms with Crippen molar-refractivity contribution in [2.75, 3.05) is 5.32 Å². The quantitative estimate of drug-likeness (QED) is 0.655. The fourth-order valence-corrected chi connectivity index (χ4v) is 2.92. The van der Waals surface area contributed by atoms with Crippen molar-refractivity contribution in [2.45, 2.75) is 13.5 Å². The molecule has 23 heavy (non-hydrogen) atoms. The zero-order chi connectivity index (χ0) is 16.4. The topological polar surface area (TPSA) is 77.6 Å². The van der Waals surface area contributed by atoms with Crippen LogP contribution in [0.25, 0.3) is 0 Å². The molecule has 0 aliphatic carbocycles. The van der Waals surface area contributed by atoms with Gasteiger partial charge in [-0.1, -0.05) is 24.3 Å². The van der Waals surface area contributed by atoms with Crippen molar-refractivity contribution in [1.82, 2.24) is 24.5 Å². The first-order chi connectivity index (χ1) is 11.0. The first-order valence-electron chi connectivity index (χ1n) is 6.97. The highest BCUT2D eigenvalue weighted by Crippen LogP contribution is 2.12. The van der Waals surface area contributed by atoms with Crippen LogP contribution < -0.4 is 5.32 Å². The molecule has 0 bridgehead atoms. The molecule has 0 unspecified atom stereocenters. The average molecular weight is 422 g/mol. The van der Waals surface area contributed by atoms with Gasteiger partial charge in [-0.2, -0.15) is 5.10 Å². The molecule has 118 valence electrons. The van der Waals surface area contributed by atoms with Crippen molar-refractivity contribution in [1.29, 1.82) is 0 Å². The van der Waals surface area contributed by atoms with Gasteiger partial charge in [0.1, 0.15) is 6.33 Å². The van der Waals surface area contributed by atoms with Gasteiger partial charge in [0.25, 0.3) is 5.91 Å². The first-order valence-corrected chi connectivity index (χ1v) is 8.05. The second-order valence-corrected chi connectivity index (χ2v) is 6.31. The number of aromatic nitrogens is 5. The van der Waals surface area contributed by atoms with E-state index in [1.165, 1.54) is 5.56 Å². The van der Waals surface area contributed by atoms with Crippen LogP contribution in [0.5, 0.6) is 0 Å². The van der Waals surface area contributed by atoms with Crippen LogP contribution in [-0.2, 0) is 13.6 Å². The van der Waals surface area contributed by atoms with Gasteiger partial charge in [0.15, 0.2) is 5.69 Å². The molecule has 1 N–H and O–H groups in total. The zero-order valence-electron chi connectivity index (χ0n) is 12.7. The van der Waals surface area contributed by atoms with E-state index in [1.807, 2.05) is 18.2 Å². The van der Waals surface area contributed by atoms with Gasteiger partial charge in [-0.05, 0) is 40.6 Å². The number of halogens is 1. The summed E-state index contributed by atoms with van der Waals surface area (Å²) < 4.78 is 4.07. The maximum atomic E-state index is 12.2. The van der Waals surface area contributed by atoms with E-state index in [-0.39, 0.29) is 11.9 Å². The highest BCUT2D eigenvalue weighted by Gasteiger charge is 2.16. The third-order valence-electron chi connectivity index (χ3n) is 3.35. The molecule has 8 heteroatoms. The summed E-state index contributed by atoms with van der Waals surface area (Å²) in [6.45, 7) is 2.66. The highest BCUT2D eigenvalue weighted by molar-refractivity contribution is 14.1. The summed E-state index contributed by atoms with van der Waals surface area (Å²) in [4.78, 5) is 16.3. The lowest BCUT2D eigenvalue weighted by Crippen LogP contribution is -2.15. The van der Waals surface area contributed by atoms with Crippen molar-refractivity contribution >= 4 is 34.4 Å². The second-order valence-electron chi connectivity index (χ2n) is 5.15. The van der Waals surface area contributed by atoms with Crippen molar-refractivity contribution in [3.8, 4) is 0 Å². The number of carbonyl (C=O) groups is 1. The predicted octanol–water partition coefficient (Wildman–Crippen LogP) is 2.23. The van der Waals surface area contributed by atoms with Crippen LogP contribution in [0.4, 0.5) is 5.95 Å². The largest absolute Gasteiger partial charge is 0.288 e. The van der Waals surface area contributed by atoms with E-state index in [4.69, 9.17) is 0 Å². The Balaban J connectivity index is 1.71. The maximum Gasteiger partial charge on any atom is 0.279 e. The van der Waals surface area contributed by atoms with Gasteiger partial charge in [0.05, 0.1) is 10.1 Å². The van der Waals surface area contributed by atoms with Crippen molar-refractivity contribution in [3.63, 3.8) is 0 Å². The van der Waals surface area contributed by atoms with Gasteiger partial charge in [0.2, 0.25) is 5.95 Å². The molecular formula is C15H15IN6O. The lowest BCUT2D eigenvalue weighted by atomic mass is 10.1. The molecule has 1 aromatic carbocycles. The molecule has 2 aromatic heterocycles. The molecule has 2 heterocycles. The summed E-state index contributed by atoms with van der Waals surface area (Å²) in [5, 5.41) is 11.1. The number of hydrogen-bond donors (Lipinski definition) is 1. The third kappa shape index (κ3) is 3.58. The predicted molar refractivity (Wildman–Crippen MR) is 94.2 cm³/mol. The highest BCUT2D eigenvalue weighted by atomic mass is 127. The van der Waals surface area contributed by atoms with Crippen LogP contribution in [-0.4, -0.2) is 30.5 Å². The van der Waals surface area contributed by atoms with E-state index in [0.717, 1.165) is 9.13 Å². The minimum absolute atomic E-state index is 0.269. The SMILES string of the molecule is Cc1ccccc1Cn1cnc(NC(=O)c2nn(C)cc2I)n1. The van der Waals surface area contributed by atoms with Crippen LogP contribution in [0.2, 0.25) is 0 Å². The molecule has 7 nitrogen and oxygen atoms in total. The summed E-state index contributed by atoms with van der Waals surface area (Å²) in [6, 6.07) is 8.09. The Kier molecular flexibility index (Phi) is 4.42. The normalized spacial score (nSPS) is 10.7. The second kappa shape index (κ2) is 6.49. The molecule has 0 saturated carbocycles. The molecule has 3 aromatic rings. The van der Waals surface area contributed by atoms with Crippen LogP contribution >= 0.6 is 22.6 Å². The number of benzene rings is 1. The number of carbonyl (C=O) groups excluding carboxylic acids is 1. The number of hydrogen-bond acceptors (Lipinski definition) is 4. The Hall–Kier alpha value is -2.23. The summed E-state index contributed by atoms with van der Waals surface area (Å²) in [6.07, 6.45) is 3.38. The molecule has 1 amide bonds. The van der Waals surface area contributed by atoms with Gasteiger partial charge < -0.3 is 0 Å². The van der Waals surface area contributed by atoms with Gasteiger partial charge >= 0.3 is 0 Å². The van der Waals surface area contributed by atoms with Crippen LogP contribution in [0, 0.1) is 10.5 Å². The Morgan fingerprint density at radius 2 is 2.09 bits per heavy atom. The van der Waals surface area contributed by atoms with Gasteiger partial charge in [-0.15, -0.1) is 5.10 Å².